The quantitative estimate of drug-likeness (QED) is 0.678. The summed E-state index contributed by atoms with van der Waals surface area (Å²) in [5.74, 6) is 0.740. The van der Waals surface area contributed by atoms with Crippen LogP contribution in [-0.4, -0.2) is 10.9 Å². The summed E-state index contributed by atoms with van der Waals surface area (Å²) in [7, 11) is 0. The molecule has 1 aliphatic heterocycles. The van der Waals surface area contributed by atoms with E-state index in [9.17, 15) is 4.79 Å². The molecule has 2 aromatic carbocycles. The van der Waals surface area contributed by atoms with E-state index >= 15 is 0 Å². The van der Waals surface area contributed by atoms with Crippen molar-refractivity contribution in [1.29, 1.82) is 0 Å². The fourth-order valence-corrected chi connectivity index (χ4v) is 5.70. The van der Waals surface area contributed by atoms with Gasteiger partial charge in [-0.2, -0.15) is 0 Å². The van der Waals surface area contributed by atoms with Crippen molar-refractivity contribution in [1.82, 2.24) is 0 Å². The Hall–Kier alpha value is -1.10. The zero-order valence-electron chi connectivity index (χ0n) is 11.3. The molecule has 1 aliphatic rings. The second-order valence-electron chi connectivity index (χ2n) is 4.55. The predicted molar refractivity (Wildman–Crippen MR) is 97.6 cm³/mol. The van der Waals surface area contributed by atoms with Gasteiger partial charge >= 0.3 is 0 Å². The lowest BCUT2D eigenvalue weighted by atomic mass is 10.1. The first-order chi connectivity index (χ1) is 10.3. The Morgan fingerprint density at radius 3 is 2.90 bits per heavy atom. The lowest BCUT2D eigenvalue weighted by Crippen LogP contribution is -1.90. The van der Waals surface area contributed by atoms with Crippen LogP contribution in [0, 0.1) is 0 Å². The minimum Gasteiger partial charge on any atom is -0.282 e. The number of carbonyl (C=O) groups excluding carboxylic acids is 1. The Labute approximate surface area is 137 Å². The van der Waals surface area contributed by atoms with Crippen LogP contribution < -0.4 is 0 Å². The average molecular weight is 330 g/mol. The summed E-state index contributed by atoms with van der Waals surface area (Å²) in [6, 6.07) is 15.0. The third kappa shape index (κ3) is 3.39. The van der Waals surface area contributed by atoms with Crippen LogP contribution in [0.25, 0.3) is 10.8 Å². The maximum Gasteiger partial charge on any atom is 0.211 e. The second-order valence-corrected chi connectivity index (χ2v) is 8.04. The number of hydrogen-bond donors (Lipinski definition) is 0. The molecule has 4 heteroatoms. The van der Waals surface area contributed by atoms with Gasteiger partial charge in [0.2, 0.25) is 5.12 Å². The summed E-state index contributed by atoms with van der Waals surface area (Å²) in [6.07, 6.45) is 1.38. The summed E-state index contributed by atoms with van der Waals surface area (Å²) in [5.41, 5.74) is 1.36. The Balaban J connectivity index is 1.74. The molecule has 0 aromatic heterocycles. The van der Waals surface area contributed by atoms with Crippen LogP contribution in [0.3, 0.4) is 0 Å². The van der Waals surface area contributed by atoms with Crippen LogP contribution in [0.15, 0.2) is 65.4 Å². The molecule has 106 valence electrons. The number of fused-ring (bicyclic) bond motifs is 1. The van der Waals surface area contributed by atoms with Crippen molar-refractivity contribution >= 4 is 51.2 Å². The first kappa shape index (κ1) is 14.8. The van der Waals surface area contributed by atoms with Crippen molar-refractivity contribution in [2.24, 2.45) is 0 Å². The van der Waals surface area contributed by atoms with E-state index in [2.05, 4.69) is 54.5 Å². The first-order valence-corrected chi connectivity index (χ1v) is 9.37. The van der Waals surface area contributed by atoms with Gasteiger partial charge in [0, 0.05) is 10.7 Å². The van der Waals surface area contributed by atoms with Gasteiger partial charge in [-0.25, -0.2) is 0 Å². The maximum absolute atomic E-state index is 11.3. The van der Waals surface area contributed by atoms with Gasteiger partial charge in [-0.1, -0.05) is 60.8 Å². The second kappa shape index (κ2) is 6.77. The number of thioether (sulfide) groups is 3. The van der Waals surface area contributed by atoms with Crippen molar-refractivity contribution in [2.45, 2.75) is 4.58 Å². The van der Waals surface area contributed by atoms with Gasteiger partial charge in [0.15, 0.2) is 0 Å². The molecular formula is C17H14OS3. The molecule has 0 bridgehead atoms. The van der Waals surface area contributed by atoms with Gasteiger partial charge in [-0.05, 0) is 27.8 Å². The van der Waals surface area contributed by atoms with Crippen LogP contribution >= 0.6 is 35.3 Å². The largest absolute Gasteiger partial charge is 0.282 e. The summed E-state index contributed by atoms with van der Waals surface area (Å²) in [5, 5.41) is 4.81. The Kier molecular flexibility index (Phi) is 4.78. The van der Waals surface area contributed by atoms with Crippen molar-refractivity contribution < 1.29 is 4.79 Å². The van der Waals surface area contributed by atoms with Crippen LogP contribution in [-0.2, 0) is 4.79 Å². The van der Waals surface area contributed by atoms with E-state index in [0.29, 0.717) is 4.58 Å². The fourth-order valence-electron chi connectivity index (χ4n) is 2.19. The van der Waals surface area contributed by atoms with Gasteiger partial charge < -0.3 is 0 Å². The van der Waals surface area contributed by atoms with E-state index in [1.807, 2.05) is 23.5 Å². The maximum atomic E-state index is 11.3. The summed E-state index contributed by atoms with van der Waals surface area (Å²) in [6.45, 7) is 3.50. The number of carbonyl (C=O) groups is 1. The van der Waals surface area contributed by atoms with Crippen molar-refractivity contribution in [3.8, 4) is 0 Å². The van der Waals surface area contributed by atoms with Crippen LogP contribution in [0.2, 0.25) is 0 Å². The zero-order chi connectivity index (χ0) is 14.7. The third-order valence-electron chi connectivity index (χ3n) is 3.18. The van der Waals surface area contributed by atoms with Crippen molar-refractivity contribution in [2.75, 3.05) is 5.75 Å². The lowest BCUT2D eigenvalue weighted by molar-refractivity contribution is -0.107. The Morgan fingerprint density at radius 2 is 2.05 bits per heavy atom. The smallest absolute Gasteiger partial charge is 0.211 e. The van der Waals surface area contributed by atoms with E-state index in [-0.39, 0.29) is 5.12 Å². The summed E-state index contributed by atoms with van der Waals surface area (Å²) in [4.78, 5) is 12.6. The first-order valence-electron chi connectivity index (χ1n) is 6.56. The molecule has 1 nitrogen and oxygen atoms in total. The topological polar surface area (TPSA) is 17.1 Å². The molecule has 3 rings (SSSR count). The molecule has 1 atom stereocenters. The van der Waals surface area contributed by atoms with E-state index < -0.39 is 0 Å². The minimum absolute atomic E-state index is 0.0371. The van der Waals surface area contributed by atoms with Gasteiger partial charge in [-0.3, -0.25) is 4.79 Å². The molecule has 0 amide bonds. The molecule has 1 heterocycles. The van der Waals surface area contributed by atoms with Crippen LogP contribution in [0.4, 0.5) is 0 Å². The number of benzene rings is 2. The normalized spacial score (nSPS) is 17.7. The molecule has 0 aliphatic carbocycles. The molecule has 0 N–H and O–H groups in total. The Bertz CT molecular complexity index is 716. The van der Waals surface area contributed by atoms with E-state index in [1.165, 1.54) is 39.1 Å². The van der Waals surface area contributed by atoms with Crippen molar-refractivity contribution in [3.63, 3.8) is 0 Å². The molecule has 0 saturated heterocycles. The highest BCUT2D eigenvalue weighted by atomic mass is 32.2. The molecule has 21 heavy (non-hydrogen) atoms. The third-order valence-corrected chi connectivity index (χ3v) is 7.00. The van der Waals surface area contributed by atoms with E-state index in [0.717, 1.165) is 5.75 Å². The Morgan fingerprint density at radius 1 is 1.24 bits per heavy atom. The van der Waals surface area contributed by atoms with Gasteiger partial charge in [0.1, 0.15) is 0 Å². The van der Waals surface area contributed by atoms with Gasteiger partial charge in [-0.15, -0.1) is 23.5 Å². The molecule has 0 fully saturated rings. The van der Waals surface area contributed by atoms with E-state index in [1.54, 1.807) is 0 Å². The number of hydrogen-bond acceptors (Lipinski definition) is 4. The zero-order valence-corrected chi connectivity index (χ0v) is 13.8. The molecule has 0 radical (unpaired) electrons. The summed E-state index contributed by atoms with van der Waals surface area (Å²) >= 11 is 4.99. The molecule has 2 aromatic rings. The van der Waals surface area contributed by atoms with Crippen LogP contribution in [0.5, 0.6) is 0 Å². The fraction of sp³-hybridized carbons (Fsp3) is 0.118. The van der Waals surface area contributed by atoms with Crippen molar-refractivity contribution in [3.05, 3.63) is 71.0 Å². The molecular weight excluding hydrogens is 316 g/mol. The summed E-state index contributed by atoms with van der Waals surface area (Å²) < 4.78 is 0.380. The van der Waals surface area contributed by atoms with Gasteiger partial charge in [0.05, 0.1) is 4.58 Å². The highest BCUT2D eigenvalue weighted by Crippen LogP contribution is 2.52. The molecule has 0 spiro atoms. The monoisotopic (exact) mass is 330 g/mol. The SMILES string of the molecule is C=CC(=O)SCC1=CSC(c2cccc3ccccc23)S1. The molecule has 1 unspecified atom stereocenters. The predicted octanol–water partition coefficient (Wildman–Crippen LogP) is 5.61. The number of rotatable bonds is 4. The minimum atomic E-state index is 0.0371. The molecule has 0 saturated carbocycles. The van der Waals surface area contributed by atoms with Gasteiger partial charge in [0.25, 0.3) is 0 Å². The van der Waals surface area contributed by atoms with E-state index in [4.69, 9.17) is 0 Å². The highest BCUT2D eigenvalue weighted by Gasteiger charge is 2.22. The highest BCUT2D eigenvalue weighted by molar-refractivity contribution is 8.23. The lowest BCUT2D eigenvalue weighted by Gasteiger charge is -2.12. The van der Waals surface area contributed by atoms with Crippen LogP contribution in [0.1, 0.15) is 10.1 Å². The standard InChI is InChI=1S/C17H14OS3/c1-2-16(18)19-10-13-11-20-17(21-13)15-9-5-7-12-6-3-4-8-14(12)15/h2-9,11,17H,1,10H2. The average Bonchev–Trinajstić information content (AvgIpc) is 3.00.